The Bertz CT molecular complexity index is 496. The van der Waals surface area contributed by atoms with E-state index in [1.165, 1.54) is 12.1 Å². The molecule has 1 aromatic carbocycles. The third-order valence-electron chi connectivity index (χ3n) is 3.32. The Kier molecular flexibility index (Phi) is 4.63. The molecule has 0 saturated carbocycles. The molecule has 2 unspecified atom stereocenters. The van der Waals surface area contributed by atoms with Gasteiger partial charge in [-0.3, -0.25) is 4.98 Å². The first-order valence-electron chi connectivity index (χ1n) is 6.62. The molecule has 19 heavy (non-hydrogen) atoms. The van der Waals surface area contributed by atoms with E-state index in [0.29, 0.717) is 0 Å². The van der Waals surface area contributed by atoms with Crippen molar-refractivity contribution in [2.75, 3.05) is 0 Å². The molecule has 0 fully saturated rings. The predicted octanol–water partition coefficient (Wildman–Crippen LogP) is 4.02. The Morgan fingerprint density at radius 1 is 1.16 bits per heavy atom. The molecule has 0 saturated heterocycles. The average Bonchev–Trinajstić information content (AvgIpc) is 2.46. The Hall–Kier alpha value is -1.74. The fraction of sp³-hybridized carbons (Fsp3) is 0.312. The Morgan fingerprint density at radius 3 is 2.47 bits per heavy atom. The molecule has 0 spiro atoms. The molecule has 0 bridgehead atoms. The van der Waals surface area contributed by atoms with Gasteiger partial charge in [0.2, 0.25) is 0 Å². The quantitative estimate of drug-likeness (QED) is 0.876. The fourth-order valence-corrected chi connectivity index (χ4v) is 2.17. The van der Waals surface area contributed by atoms with Crippen molar-refractivity contribution in [2.45, 2.75) is 32.4 Å². The zero-order valence-electron chi connectivity index (χ0n) is 11.3. The lowest BCUT2D eigenvalue weighted by Crippen LogP contribution is -2.24. The molecule has 3 heteroatoms. The maximum absolute atomic E-state index is 13.0. The van der Waals surface area contributed by atoms with Gasteiger partial charge in [-0.25, -0.2) is 4.39 Å². The van der Waals surface area contributed by atoms with Gasteiger partial charge in [-0.1, -0.05) is 25.1 Å². The van der Waals surface area contributed by atoms with E-state index in [0.717, 1.165) is 17.5 Å². The van der Waals surface area contributed by atoms with Crippen LogP contribution in [0.2, 0.25) is 0 Å². The molecule has 1 heterocycles. The minimum absolute atomic E-state index is 0.195. The number of benzene rings is 1. The molecule has 0 aliphatic carbocycles. The second-order valence-electron chi connectivity index (χ2n) is 4.69. The molecule has 2 aromatic rings. The number of aromatic nitrogens is 1. The summed E-state index contributed by atoms with van der Waals surface area (Å²) >= 11 is 0. The molecule has 2 atom stereocenters. The summed E-state index contributed by atoms with van der Waals surface area (Å²) in [5.41, 5.74) is 2.27. The number of hydrogen-bond donors (Lipinski definition) is 1. The van der Waals surface area contributed by atoms with Gasteiger partial charge in [-0.2, -0.15) is 0 Å². The minimum atomic E-state index is -0.195. The largest absolute Gasteiger partial charge is 0.303 e. The van der Waals surface area contributed by atoms with Gasteiger partial charge >= 0.3 is 0 Å². The smallest absolute Gasteiger partial charge is 0.123 e. The lowest BCUT2D eigenvalue weighted by atomic mass is 10.0. The first-order chi connectivity index (χ1) is 9.20. The third-order valence-corrected chi connectivity index (χ3v) is 3.32. The van der Waals surface area contributed by atoms with Crippen LogP contribution in [-0.2, 0) is 0 Å². The summed E-state index contributed by atoms with van der Waals surface area (Å²) in [6.45, 7) is 4.24. The van der Waals surface area contributed by atoms with Gasteiger partial charge < -0.3 is 5.32 Å². The topological polar surface area (TPSA) is 24.9 Å². The molecule has 0 aliphatic heterocycles. The van der Waals surface area contributed by atoms with Crippen LogP contribution in [0.1, 0.15) is 43.5 Å². The number of nitrogens with one attached hydrogen (secondary N) is 1. The molecular formula is C16H19FN2. The Labute approximate surface area is 113 Å². The van der Waals surface area contributed by atoms with Gasteiger partial charge in [0.15, 0.2) is 0 Å². The van der Waals surface area contributed by atoms with Crippen LogP contribution >= 0.6 is 0 Å². The molecule has 1 aromatic heterocycles. The second-order valence-corrected chi connectivity index (χ2v) is 4.69. The SMILES string of the molecule is CCC(NC(C)c1cccnc1)c1ccc(F)cc1. The Balaban J connectivity index is 2.09. The number of halogens is 1. The summed E-state index contributed by atoms with van der Waals surface area (Å²) in [7, 11) is 0. The minimum Gasteiger partial charge on any atom is -0.303 e. The standard InChI is InChI=1S/C16H19FN2/c1-3-16(13-6-8-15(17)9-7-13)19-12(2)14-5-4-10-18-11-14/h4-12,16,19H,3H2,1-2H3. The van der Waals surface area contributed by atoms with Crippen LogP contribution in [0.3, 0.4) is 0 Å². The lowest BCUT2D eigenvalue weighted by Gasteiger charge is -2.23. The van der Waals surface area contributed by atoms with Crippen LogP contribution in [0.25, 0.3) is 0 Å². The summed E-state index contributed by atoms with van der Waals surface area (Å²) in [5.74, 6) is -0.195. The van der Waals surface area contributed by atoms with Crippen molar-refractivity contribution in [1.29, 1.82) is 0 Å². The van der Waals surface area contributed by atoms with Crippen LogP contribution in [0.5, 0.6) is 0 Å². The van der Waals surface area contributed by atoms with Gasteiger partial charge in [-0.15, -0.1) is 0 Å². The highest BCUT2D eigenvalue weighted by atomic mass is 19.1. The van der Waals surface area contributed by atoms with Crippen LogP contribution in [0, 0.1) is 5.82 Å². The third kappa shape index (κ3) is 3.61. The van der Waals surface area contributed by atoms with Crippen LogP contribution < -0.4 is 5.32 Å². The van der Waals surface area contributed by atoms with E-state index in [1.807, 2.05) is 24.4 Å². The first-order valence-corrected chi connectivity index (χ1v) is 6.62. The number of nitrogens with zero attached hydrogens (tertiary/aromatic N) is 1. The van der Waals surface area contributed by atoms with Gasteiger partial charge in [-0.05, 0) is 42.7 Å². The van der Waals surface area contributed by atoms with E-state index in [9.17, 15) is 4.39 Å². The summed E-state index contributed by atoms with van der Waals surface area (Å²) in [6, 6.07) is 11.1. The van der Waals surface area contributed by atoms with Crippen molar-refractivity contribution < 1.29 is 4.39 Å². The summed E-state index contributed by atoms with van der Waals surface area (Å²) in [5, 5.41) is 3.56. The molecule has 0 radical (unpaired) electrons. The molecule has 2 rings (SSSR count). The van der Waals surface area contributed by atoms with Crippen LogP contribution in [0.15, 0.2) is 48.8 Å². The molecule has 0 amide bonds. The molecular weight excluding hydrogens is 239 g/mol. The maximum Gasteiger partial charge on any atom is 0.123 e. The molecule has 1 N–H and O–H groups in total. The zero-order valence-corrected chi connectivity index (χ0v) is 11.3. The molecule has 0 aliphatic rings. The highest BCUT2D eigenvalue weighted by Gasteiger charge is 2.13. The fourth-order valence-electron chi connectivity index (χ4n) is 2.17. The highest BCUT2D eigenvalue weighted by Crippen LogP contribution is 2.21. The number of pyridine rings is 1. The zero-order chi connectivity index (χ0) is 13.7. The predicted molar refractivity (Wildman–Crippen MR) is 75.2 cm³/mol. The van der Waals surface area contributed by atoms with Crippen LogP contribution in [0.4, 0.5) is 4.39 Å². The van der Waals surface area contributed by atoms with E-state index in [4.69, 9.17) is 0 Å². The van der Waals surface area contributed by atoms with Crippen LogP contribution in [-0.4, -0.2) is 4.98 Å². The lowest BCUT2D eigenvalue weighted by molar-refractivity contribution is 0.455. The highest BCUT2D eigenvalue weighted by molar-refractivity contribution is 5.21. The van der Waals surface area contributed by atoms with Crippen molar-refractivity contribution >= 4 is 0 Å². The van der Waals surface area contributed by atoms with E-state index in [2.05, 4.69) is 30.2 Å². The number of rotatable bonds is 5. The van der Waals surface area contributed by atoms with Gasteiger partial charge in [0.25, 0.3) is 0 Å². The summed E-state index contributed by atoms with van der Waals surface area (Å²) < 4.78 is 13.0. The first kappa shape index (κ1) is 13.7. The van der Waals surface area contributed by atoms with Crippen molar-refractivity contribution in [3.05, 3.63) is 65.7 Å². The molecule has 100 valence electrons. The Morgan fingerprint density at radius 2 is 1.89 bits per heavy atom. The van der Waals surface area contributed by atoms with Gasteiger partial charge in [0, 0.05) is 24.5 Å². The van der Waals surface area contributed by atoms with Gasteiger partial charge in [0.05, 0.1) is 0 Å². The number of hydrogen-bond acceptors (Lipinski definition) is 2. The monoisotopic (exact) mass is 258 g/mol. The van der Waals surface area contributed by atoms with Crippen molar-refractivity contribution in [3.8, 4) is 0 Å². The van der Waals surface area contributed by atoms with E-state index in [1.54, 1.807) is 6.20 Å². The van der Waals surface area contributed by atoms with Crippen molar-refractivity contribution in [2.24, 2.45) is 0 Å². The second kappa shape index (κ2) is 6.43. The van der Waals surface area contributed by atoms with E-state index < -0.39 is 0 Å². The summed E-state index contributed by atoms with van der Waals surface area (Å²) in [4.78, 5) is 4.13. The van der Waals surface area contributed by atoms with E-state index >= 15 is 0 Å². The average molecular weight is 258 g/mol. The van der Waals surface area contributed by atoms with E-state index in [-0.39, 0.29) is 17.9 Å². The summed E-state index contributed by atoms with van der Waals surface area (Å²) in [6.07, 6.45) is 4.60. The molecule has 2 nitrogen and oxygen atoms in total. The normalized spacial score (nSPS) is 14.1. The maximum atomic E-state index is 13.0. The van der Waals surface area contributed by atoms with Gasteiger partial charge in [0.1, 0.15) is 5.82 Å². The van der Waals surface area contributed by atoms with Crippen molar-refractivity contribution in [1.82, 2.24) is 10.3 Å². The van der Waals surface area contributed by atoms with Crippen molar-refractivity contribution in [3.63, 3.8) is 0 Å².